The molecular formula is C13H11ClN2. The SMILES string of the molecule is Cl.N#Cc1cccc(-c2ccccc2N)c1. The van der Waals surface area contributed by atoms with Gasteiger partial charge in [0.2, 0.25) is 0 Å². The van der Waals surface area contributed by atoms with Crippen molar-refractivity contribution in [3.63, 3.8) is 0 Å². The van der Waals surface area contributed by atoms with Gasteiger partial charge in [-0.15, -0.1) is 12.4 Å². The van der Waals surface area contributed by atoms with Crippen LogP contribution in [0.1, 0.15) is 5.56 Å². The summed E-state index contributed by atoms with van der Waals surface area (Å²) < 4.78 is 0. The van der Waals surface area contributed by atoms with Crippen molar-refractivity contribution in [2.45, 2.75) is 0 Å². The number of benzene rings is 2. The topological polar surface area (TPSA) is 49.8 Å². The number of nitriles is 1. The summed E-state index contributed by atoms with van der Waals surface area (Å²) >= 11 is 0. The first-order chi connectivity index (χ1) is 7.31. The summed E-state index contributed by atoms with van der Waals surface area (Å²) in [6.45, 7) is 0. The van der Waals surface area contributed by atoms with E-state index < -0.39 is 0 Å². The van der Waals surface area contributed by atoms with E-state index in [2.05, 4.69) is 6.07 Å². The monoisotopic (exact) mass is 230 g/mol. The molecule has 0 atom stereocenters. The minimum absolute atomic E-state index is 0. The van der Waals surface area contributed by atoms with Crippen molar-refractivity contribution in [3.05, 3.63) is 54.1 Å². The third-order valence-corrected chi connectivity index (χ3v) is 2.26. The van der Waals surface area contributed by atoms with Gasteiger partial charge in [-0.3, -0.25) is 0 Å². The van der Waals surface area contributed by atoms with E-state index >= 15 is 0 Å². The highest BCUT2D eigenvalue weighted by molar-refractivity contribution is 5.85. The first-order valence-corrected chi connectivity index (χ1v) is 4.66. The van der Waals surface area contributed by atoms with E-state index in [-0.39, 0.29) is 12.4 Å². The molecule has 0 aliphatic heterocycles. The molecule has 0 aromatic heterocycles. The smallest absolute Gasteiger partial charge is 0.0991 e. The molecule has 2 aromatic carbocycles. The first kappa shape index (κ1) is 12.1. The summed E-state index contributed by atoms with van der Waals surface area (Å²) in [5.41, 5.74) is 9.19. The zero-order valence-corrected chi connectivity index (χ0v) is 9.37. The van der Waals surface area contributed by atoms with Crippen LogP contribution in [0.25, 0.3) is 11.1 Å². The highest BCUT2D eigenvalue weighted by Crippen LogP contribution is 2.25. The molecule has 0 saturated heterocycles. The van der Waals surface area contributed by atoms with E-state index in [1.54, 1.807) is 6.07 Å². The minimum atomic E-state index is 0. The number of hydrogen-bond donors (Lipinski definition) is 1. The maximum atomic E-state index is 8.80. The fraction of sp³-hybridized carbons (Fsp3) is 0. The van der Waals surface area contributed by atoms with E-state index in [1.807, 2.05) is 42.5 Å². The molecule has 0 amide bonds. The van der Waals surface area contributed by atoms with Crippen LogP contribution in [0, 0.1) is 11.3 Å². The molecule has 2 rings (SSSR count). The van der Waals surface area contributed by atoms with E-state index in [0.29, 0.717) is 5.56 Å². The maximum absolute atomic E-state index is 8.80. The fourth-order valence-electron chi connectivity index (χ4n) is 1.52. The number of hydrogen-bond acceptors (Lipinski definition) is 2. The predicted octanol–water partition coefficient (Wildman–Crippen LogP) is 3.23. The van der Waals surface area contributed by atoms with E-state index in [0.717, 1.165) is 16.8 Å². The van der Waals surface area contributed by atoms with Gasteiger partial charge in [-0.05, 0) is 23.8 Å². The van der Waals surface area contributed by atoms with Crippen LogP contribution in [0.5, 0.6) is 0 Å². The number of anilines is 1. The summed E-state index contributed by atoms with van der Waals surface area (Å²) in [6, 6.07) is 17.2. The molecule has 2 nitrogen and oxygen atoms in total. The van der Waals surface area contributed by atoms with Crippen molar-refractivity contribution in [1.82, 2.24) is 0 Å². The van der Waals surface area contributed by atoms with E-state index in [1.165, 1.54) is 0 Å². The zero-order valence-electron chi connectivity index (χ0n) is 8.55. The van der Waals surface area contributed by atoms with Crippen molar-refractivity contribution >= 4 is 18.1 Å². The van der Waals surface area contributed by atoms with E-state index in [4.69, 9.17) is 11.0 Å². The Morgan fingerprint density at radius 2 is 1.75 bits per heavy atom. The van der Waals surface area contributed by atoms with Gasteiger partial charge in [-0.2, -0.15) is 5.26 Å². The van der Waals surface area contributed by atoms with Crippen LogP contribution in [0.4, 0.5) is 5.69 Å². The average Bonchev–Trinajstić information content (AvgIpc) is 2.30. The second-order valence-corrected chi connectivity index (χ2v) is 3.28. The number of nitrogens with two attached hydrogens (primary N) is 1. The largest absolute Gasteiger partial charge is 0.398 e. The molecular weight excluding hydrogens is 220 g/mol. The third-order valence-electron chi connectivity index (χ3n) is 2.26. The molecule has 3 heteroatoms. The maximum Gasteiger partial charge on any atom is 0.0991 e. The van der Waals surface area contributed by atoms with Gasteiger partial charge in [0.15, 0.2) is 0 Å². The molecule has 16 heavy (non-hydrogen) atoms. The Kier molecular flexibility index (Phi) is 3.93. The Hall–Kier alpha value is -1.98. The van der Waals surface area contributed by atoms with Gasteiger partial charge < -0.3 is 5.73 Å². The first-order valence-electron chi connectivity index (χ1n) is 4.66. The van der Waals surface area contributed by atoms with Crippen molar-refractivity contribution in [1.29, 1.82) is 5.26 Å². The quantitative estimate of drug-likeness (QED) is 0.765. The van der Waals surface area contributed by atoms with Crippen LogP contribution < -0.4 is 5.73 Å². The molecule has 0 radical (unpaired) electrons. The normalized spacial score (nSPS) is 8.94. The number of para-hydroxylation sites is 1. The lowest BCUT2D eigenvalue weighted by molar-refractivity contribution is 1.48. The summed E-state index contributed by atoms with van der Waals surface area (Å²) in [5.74, 6) is 0. The third kappa shape index (κ3) is 2.33. The standard InChI is InChI=1S/C13H10N2.ClH/c14-9-10-4-3-5-11(8-10)12-6-1-2-7-13(12)15;/h1-8H,15H2;1H. The highest BCUT2D eigenvalue weighted by Gasteiger charge is 2.01. The molecule has 80 valence electrons. The molecule has 2 aromatic rings. The highest BCUT2D eigenvalue weighted by atomic mass is 35.5. The lowest BCUT2D eigenvalue weighted by Crippen LogP contribution is -1.89. The van der Waals surface area contributed by atoms with Crippen LogP contribution in [0.2, 0.25) is 0 Å². The zero-order chi connectivity index (χ0) is 10.7. The van der Waals surface area contributed by atoms with Crippen LogP contribution in [-0.2, 0) is 0 Å². The van der Waals surface area contributed by atoms with Gasteiger partial charge in [0.05, 0.1) is 11.6 Å². The van der Waals surface area contributed by atoms with Crippen LogP contribution in [0.3, 0.4) is 0 Å². The summed E-state index contributed by atoms with van der Waals surface area (Å²) in [6.07, 6.45) is 0. The molecule has 0 aliphatic carbocycles. The van der Waals surface area contributed by atoms with Gasteiger partial charge in [0, 0.05) is 11.3 Å². The van der Waals surface area contributed by atoms with Gasteiger partial charge in [0.25, 0.3) is 0 Å². The van der Waals surface area contributed by atoms with Crippen molar-refractivity contribution in [2.75, 3.05) is 5.73 Å². The van der Waals surface area contributed by atoms with Gasteiger partial charge in [0.1, 0.15) is 0 Å². The summed E-state index contributed by atoms with van der Waals surface area (Å²) in [5, 5.41) is 8.80. The molecule has 0 spiro atoms. The second kappa shape index (κ2) is 5.20. The molecule has 0 saturated carbocycles. The molecule has 0 unspecified atom stereocenters. The number of nitrogen functional groups attached to an aromatic ring is 1. The lowest BCUT2D eigenvalue weighted by Gasteiger charge is -2.05. The summed E-state index contributed by atoms with van der Waals surface area (Å²) in [4.78, 5) is 0. The minimum Gasteiger partial charge on any atom is -0.398 e. The Morgan fingerprint density at radius 1 is 1.00 bits per heavy atom. The van der Waals surface area contributed by atoms with Crippen molar-refractivity contribution in [2.24, 2.45) is 0 Å². The Labute approximate surface area is 101 Å². The fourth-order valence-corrected chi connectivity index (χ4v) is 1.52. The number of nitrogens with zero attached hydrogens (tertiary/aromatic N) is 1. The van der Waals surface area contributed by atoms with Crippen LogP contribution in [0.15, 0.2) is 48.5 Å². The Morgan fingerprint density at radius 3 is 2.44 bits per heavy atom. The van der Waals surface area contributed by atoms with Crippen LogP contribution in [-0.4, -0.2) is 0 Å². The lowest BCUT2D eigenvalue weighted by atomic mass is 10.0. The predicted molar refractivity (Wildman–Crippen MR) is 68.3 cm³/mol. The molecule has 0 heterocycles. The van der Waals surface area contributed by atoms with Crippen molar-refractivity contribution in [3.8, 4) is 17.2 Å². The van der Waals surface area contributed by atoms with E-state index in [9.17, 15) is 0 Å². The average molecular weight is 231 g/mol. The Balaban J connectivity index is 0.00000128. The van der Waals surface area contributed by atoms with Crippen molar-refractivity contribution < 1.29 is 0 Å². The van der Waals surface area contributed by atoms with Gasteiger partial charge in [-0.25, -0.2) is 0 Å². The van der Waals surface area contributed by atoms with Gasteiger partial charge in [-0.1, -0.05) is 30.3 Å². The summed E-state index contributed by atoms with van der Waals surface area (Å²) in [7, 11) is 0. The molecule has 0 bridgehead atoms. The Bertz CT molecular complexity index is 529. The number of rotatable bonds is 1. The van der Waals surface area contributed by atoms with Crippen LogP contribution >= 0.6 is 12.4 Å². The number of halogens is 1. The molecule has 0 aliphatic rings. The second-order valence-electron chi connectivity index (χ2n) is 3.28. The molecule has 0 fully saturated rings. The molecule has 2 N–H and O–H groups in total. The van der Waals surface area contributed by atoms with Gasteiger partial charge >= 0.3 is 0 Å².